The highest BCUT2D eigenvalue weighted by Crippen LogP contribution is 2.16. The summed E-state index contributed by atoms with van der Waals surface area (Å²) in [6.07, 6.45) is 2.74. The van der Waals surface area contributed by atoms with Gasteiger partial charge in [0.15, 0.2) is 0 Å². The van der Waals surface area contributed by atoms with Crippen LogP contribution in [0.15, 0.2) is 48.7 Å². The Morgan fingerprint density at radius 3 is 3.00 bits per heavy atom. The highest BCUT2D eigenvalue weighted by molar-refractivity contribution is 5.98. The number of aromatic nitrogens is 2. The van der Waals surface area contributed by atoms with Crippen LogP contribution in [0, 0.1) is 0 Å². The predicted octanol–water partition coefficient (Wildman–Crippen LogP) is 2.54. The van der Waals surface area contributed by atoms with Gasteiger partial charge < -0.3 is 10.1 Å². The molecule has 0 aliphatic carbocycles. The van der Waals surface area contributed by atoms with Crippen molar-refractivity contribution in [1.29, 1.82) is 0 Å². The second-order valence-corrected chi connectivity index (χ2v) is 5.96. The second kappa shape index (κ2) is 6.45. The molecule has 1 aromatic heterocycles. The van der Waals surface area contributed by atoms with Crippen molar-refractivity contribution in [2.24, 2.45) is 0 Å². The summed E-state index contributed by atoms with van der Waals surface area (Å²) in [7, 11) is 0. The Balaban J connectivity index is 1.40. The fourth-order valence-corrected chi connectivity index (χ4v) is 3.11. The van der Waals surface area contributed by atoms with Gasteiger partial charge in [0.05, 0.1) is 26.0 Å². The lowest BCUT2D eigenvalue weighted by Gasteiger charge is -2.14. The Morgan fingerprint density at radius 2 is 2.08 bits per heavy atom. The minimum Gasteiger partial charge on any atom is -0.376 e. The lowest BCUT2D eigenvalue weighted by molar-refractivity contribution is 0.0950. The first kappa shape index (κ1) is 14.9. The molecule has 4 rings (SSSR count). The molecule has 2 aromatic carbocycles. The average molecular weight is 321 g/mol. The summed E-state index contributed by atoms with van der Waals surface area (Å²) in [4.78, 5) is 12.3. The molecule has 0 saturated heterocycles. The van der Waals surface area contributed by atoms with E-state index in [4.69, 9.17) is 4.74 Å². The predicted molar refractivity (Wildman–Crippen MR) is 91.9 cm³/mol. The largest absolute Gasteiger partial charge is 0.376 e. The van der Waals surface area contributed by atoms with Gasteiger partial charge in [-0.3, -0.25) is 9.48 Å². The SMILES string of the molecule is O=C(NCCn1ncc2c1CCOC2)c1ccc2ccccc2c1. The first-order chi connectivity index (χ1) is 11.8. The van der Waals surface area contributed by atoms with Crippen LogP contribution in [0.5, 0.6) is 0 Å². The topological polar surface area (TPSA) is 56.2 Å². The first-order valence-corrected chi connectivity index (χ1v) is 8.19. The third kappa shape index (κ3) is 2.90. The maximum Gasteiger partial charge on any atom is 0.251 e. The van der Waals surface area contributed by atoms with Gasteiger partial charge in [-0.05, 0) is 22.9 Å². The monoisotopic (exact) mass is 321 g/mol. The molecule has 0 atom stereocenters. The van der Waals surface area contributed by atoms with Gasteiger partial charge in [-0.25, -0.2) is 0 Å². The lowest BCUT2D eigenvalue weighted by atomic mass is 10.1. The number of benzene rings is 2. The van der Waals surface area contributed by atoms with Crippen molar-refractivity contribution >= 4 is 16.7 Å². The maximum absolute atomic E-state index is 12.3. The van der Waals surface area contributed by atoms with Gasteiger partial charge in [-0.2, -0.15) is 5.10 Å². The fraction of sp³-hybridized carbons (Fsp3) is 0.263. The van der Waals surface area contributed by atoms with E-state index >= 15 is 0 Å². The van der Waals surface area contributed by atoms with E-state index in [0.29, 0.717) is 25.3 Å². The van der Waals surface area contributed by atoms with Crippen LogP contribution in [0.3, 0.4) is 0 Å². The number of hydrogen-bond acceptors (Lipinski definition) is 3. The lowest BCUT2D eigenvalue weighted by Crippen LogP contribution is -2.28. The Labute approximate surface area is 140 Å². The normalized spacial score (nSPS) is 13.7. The van der Waals surface area contributed by atoms with Gasteiger partial charge in [-0.1, -0.05) is 30.3 Å². The van der Waals surface area contributed by atoms with Crippen LogP contribution in [0.2, 0.25) is 0 Å². The summed E-state index contributed by atoms with van der Waals surface area (Å²) in [6.45, 7) is 2.61. The molecule has 1 N–H and O–H groups in total. The molecule has 5 heteroatoms. The van der Waals surface area contributed by atoms with Gasteiger partial charge in [-0.15, -0.1) is 0 Å². The van der Waals surface area contributed by atoms with E-state index in [1.54, 1.807) is 0 Å². The van der Waals surface area contributed by atoms with Crippen molar-refractivity contribution in [3.8, 4) is 0 Å². The van der Waals surface area contributed by atoms with Crippen LogP contribution in [0.1, 0.15) is 21.6 Å². The molecule has 1 aliphatic heterocycles. The van der Waals surface area contributed by atoms with Crippen LogP contribution in [0.25, 0.3) is 10.8 Å². The first-order valence-electron chi connectivity index (χ1n) is 8.19. The average Bonchev–Trinajstić information content (AvgIpc) is 3.04. The smallest absolute Gasteiger partial charge is 0.251 e. The summed E-state index contributed by atoms with van der Waals surface area (Å²) in [5.41, 5.74) is 3.06. The van der Waals surface area contributed by atoms with Crippen LogP contribution in [-0.4, -0.2) is 28.8 Å². The van der Waals surface area contributed by atoms with Crippen LogP contribution >= 0.6 is 0 Å². The summed E-state index contributed by atoms with van der Waals surface area (Å²) < 4.78 is 7.39. The second-order valence-electron chi connectivity index (χ2n) is 5.96. The fourth-order valence-electron chi connectivity index (χ4n) is 3.11. The number of nitrogens with zero attached hydrogens (tertiary/aromatic N) is 2. The van der Waals surface area contributed by atoms with Crippen LogP contribution in [-0.2, 0) is 24.3 Å². The van der Waals surface area contributed by atoms with Gasteiger partial charge in [0.2, 0.25) is 0 Å². The number of carbonyl (C=O) groups excluding carboxylic acids is 1. The van der Waals surface area contributed by atoms with Crippen LogP contribution < -0.4 is 5.32 Å². The minimum atomic E-state index is -0.0508. The highest BCUT2D eigenvalue weighted by Gasteiger charge is 2.15. The quantitative estimate of drug-likeness (QED) is 0.803. The Bertz CT molecular complexity index is 885. The number of carbonyl (C=O) groups is 1. The van der Waals surface area contributed by atoms with Crippen molar-refractivity contribution in [2.45, 2.75) is 19.6 Å². The van der Waals surface area contributed by atoms with E-state index in [2.05, 4.69) is 10.4 Å². The highest BCUT2D eigenvalue weighted by atomic mass is 16.5. The number of amides is 1. The van der Waals surface area contributed by atoms with Gasteiger partial charge in [0.25, 0.3) is 5.91 Å². The number of ether oxygens (including phenoxy) is 1. The number of nitrogens with one attached hydrogen (secondary N) is 1. The molecular weight excluding hydrogens is 302 g/mol. The van der Waals surface area contributed by atoms with Crippen molar-refractivity contribution in [1.82, 2.24) is 15.1 Å². The van der Waals surface area contributed by atoms with Gasteiger partial charge in [0, 0.05) is 29.8 Å². The molecule has 2 heterocycles. The van der Waals surface area contributed by atoms with E-state index in [-0.39, 0.29) is 5.91 Å². The molecule has 1 amide bonds. The Kier molecular flexibility index (Phi) is 4.01. The Hall–Kier alpha value is -2.66. The van der Waals surface area contributed by atoms with E-state index in [1.165, 1.54) is 5.69 Å². The number of rotatable bonds is 4. The molecule has 0 saturated carbocycles. The van der Waals surface area contributed by atoms with Crippen LogP contribution in [0.4, 0.5) is 0 Å². The third-order valence-corrected chi connectivity index (χ3v) is 4.40. The summed E-state index contributed by atoms with van der Waals surface area (Å²) >= 11 is 0. The molecule has 3 aromatic rings. The number of fused-ring (bicyclic) bond motifs is 2. The van der Waals surface area contributed by atoms with E-state index < -0.39 is 0 Å². The standard InChI is InChI=1S/C19H19N3O2/c23-19(16-6-5-14-3-1-2-4-15(14)11-16)20-8-9-22-18-7-10-24-13-17(18)12-21-22/h1-6,11-12H,7-10,13H2,(H,20,23). The van der Waals surface area contributed by atoms with Crippen molar-refractivity contribution < 1.29 is 9.53 Å². The van der Waals surface area contributed by atoms with E-state index in [1.807, 2.05) is 53.3 Å². The number of hydrogen-bond donors (Lipinski definition) is 1. The van der Waals surface area contributed by atoms with E-state index in [9.17, 15) is 4.79 Å². The van der Waals surface area contributed by atoms with Gasteiger partial charge in [0.1, 0.15) is 0 Å². The zero-order valence-electron chi connectivity index (χ0n) is 13.4. The van der Waals surface area contributed by atoms with Crippen molar-refractivity contribution in [2.75, 3.05) is 13.2 Å². The summed E-state index contributed by atoms with van der Waals surface area (Å²) in [6, 6.07) is 13.8. The summed E-state index contributed by atoms with van der Waals surface area (Å²) in [5, 5.41) is 9.59. The van der Waals surface area contributed by atoms with Crippen molar-refractivity contribution in [3.05, 3.63) is 65.5 Å². The minimum absolute atomic E-state index is 0.0508. The van der Waals surface area contributed by atoms with E-state index in [0.717, 1.165) is 29.4 Å². The van der Waals surface area contributed by atoms with Gasteiger partial charge >= 0.3 is 0 Å². The zero-order valence-corrected chi connectivity index (χ0v) is 13.4. The molecule has 122 valence electrons. The molecule has 0 bridgehead atoms. The molecule has 0 spiro atoms. The molecule has 24 heavy (non-hydrogen) atoms. The molecule has 0 fully saturated rings. The molecular formula is C19H19N3O2. The maximum atomic E-state index is 12.3. The zero-order chi connectivity index (χ0) is 16.4. The third-order valence-electron chi connectivity index (χ3n) is 4.40. The Morgan fingerprint density at radius 1 is 1.21 bits per heavy atom. The molecule has 1 aliphatic rings. The molecule has 5 nitrogen and oxygen atoms in total. The molecule has 0 radical (unpaired) electrons. The summed E-state index contributed by atoms with van der Waals surface area (Å²) in [5.74, 6) is -0.0508. The van der Waals surface area contributed by atoms with Crippen molar-refractivity contribution in [3.63, 3.8) is 0 Å². The molecule has 0 unspecified atom stereocenters.